The Kier molecular flexibility index (Phi) is 2.71. The highest BCUT2D eigenvalue weighted by molar-refractivity contribution is 7.90. The molecule has 0 atom stereocenters. The Morgan fingerprint density at radius 2 is 1.93 bits per heavy atom. The minimum absolute atomic E-state index is 0.259. The molecule has 0 fully saturated rings. The third kappa shape index (κ3) is 1.98. The van der Waals surface area contributed by atoms with E-state index in [-0.39, 0.29) is 10.5 Å². The van der Waals surface area contributed by atoms with Crippen LogP contribution in [0.3, 0.4) is 0 Å². The molecule has 3 nitrogen and oxygen atoms in total. The first-order valence-electron chi connectivity index (χ1n) is 3.83. The fraction of sp³-hybridized carbons (Fsp3) is 0.222. The van der Waals surface area contributed by atoms with Crippen LogP contribution >= 0.6 is 0 Å². The number of benzene rings is 1. The van der Waals surface area contributed by atoms with Crippen molar-refractivity contribution in [2.24, 2.45) is 0 Å². The number of carbonyl (C=O) groups excluding carboxylic acids is 1. The first-order chi connectivity index (χ1) is 6.34. The van der Waals surface area contributed by atoms with Gasteiger partial charge in [-0.2, -0.15) is 0 Å². The first-order valence-corrected chi connectivity index (χ1v) is 5.72. The summed E-state index contributed by atoms with van der Waals surface area (Å²) in [7, 11) is -3.56. The number of Topliss-reactive ketones (excluding diaryl/α,β-unsaturated/α-hetero) is 1. The number of sulfone groups is 1. The predicted molar refractivity (Wildman–Crippen MR) is 49.5 cm³/mol. The molecule has 76 valence electrons. The molecule has 0 radical (unpaired) electrons. The number of rotatable bonds is 2. The van der Waals surface area contributed by atoms with E-state index in [1.165, 1.54) is 12.1 Å². The van der Waals surface area contributed by atoms with Crippen molar-refractivity contribution >= 4 is 15.6 Å². The van der Waals surface area contributed by atoms with Crippen LogP contribution in [-0.2, 0) is 9.84 Å². The van der Waals surface area contributed by atoms with E-state index in [4.69, 9.17) is 0 Å². The second-order valence-electron chi connectivity index (χ2n) is 2.94. The average molecular weight is 216 g/mol. The standard InChI is InChI=1S/C9H9FO3S/c1-6(11)9-7(10)4-3-5-8(9)14(2,12)13/h3-5H,1-2H3. The Labute approximate surface area is 81.5 Å². The summed E-state index contributed by atoms with van der Waals surface area (Å²) in [6.07, 6.45) is 0.939. The van der Waals surface area contributed by atoms with Gasteiger partial charge in [-0.15, -0.1) is 0 Å². The van der Waals surface area contributed by atoms with Crippen molar-refractivity contribution in [2.45, 2.75) is 11.8 Å². The lowest BCUT2D eigenvalue weighted by Gasteiger charge is -2.04. The molecule has 0 amide bonds. The van der Waals surface area contributed by atoms with Crippen LogP contribution in [0.4, 0.5) is 4.39 Å². The number of hydrogen-bond acceptors (Lipinski definition) is 3. The molecule has 1 aromatic rings. The van der Waals surface area contributed by atoms with Crippen molar-refractivity contribution in [1.29, 1.82) is 0 Å². The van der Waals surface area contributed by atoms with Gasteiger partial charge in [0.2, 0.25) is 0 Å². The molecule has 0 bridgehead atoms. The van der Waals surface area contributed by atoms with Gasteiger partial charge in [0.25, 0.3) is 0 Å². The van der Waals surface area contributed by atoms with Crippen molar-refractivity contribution < 1.29 is 17.6 Å². The molecule has 0 saturated heterocycles. The highest BCUT2D eigenvalue weighted by Crippen LogP contribution is 2.19. The Morgan fingerprint density at radius 3 is 2.29 bits per heavy atom. The van der Waals surface area contributed by atoms with Crippen LogP contribution in [0.15, 0.2) is 23.1 Å². The number of carbonyl (C=O) groups is 1. The Bertz CT molecular complexity index is 477. The summed E-state index contributed by atoms with van der Waals surface area (Å²) >= 11 is 0. The molecular formula is C9H9FO3S. The van der Waals surface area contributed by atoms with E-state index in [2.05, 4.69) is 0 Å². The number of hydrogen-bond donors (Lipinski definition) is 0. The molecule has 0 spiro atoms. The Morgan fingerprint density at radius 1 is 1.36 bits per heavy atom. The maximum atomic E-state index is 13.1. The third-order valence-electron chi connectivity index (χ3n) is 1.73. The van der Waals surface area contributed by atoms with Crippen molar-refractivity contribution in [3.05, 3.63) is 29.6 Å². The summed E-state index contributed by atoms with van der Waals surface area (Å²) < 4.78 is 35.5. The second kappa shape index (κ2) is 3.49. The molecule has 0 N–H and O–H groups in total. The van der Waals surface area contributed by atoms with Crippen molar-refractivity contribution in [2.75, 3.05) is 6.26 Å². The minimum Gasteiger partial charge on any atom is -0.294 e. The van der Waals surface area contributed by atoms with Gasteiger partial charge in [-0.3, -0.25) is 4.79 Å². The number of ketones is 1. The zero-order valence-corrected chi connectivity index (χ0v) is 8.56. The van der Waals surface area contributed by atoms with Gasteiger partial charge in [-0.1, -0.05) is 6.07 Å². The maximum Gasteiger partial charge on any atom is 0.176 e. The molecule has 1 aromatic carbocycles. The summed E-state index contributed by atoms with van der Waals surface area (Å²) in [6, 6.07) is 3.54. The molecule has 0 aliphatic rings. The summed E-state index contributed by atoms with van der Waals surface area (Å²) in [4.78, 5) is 10.8. The molecule has 0 unspecified atom stereocenters. The molecule has 5 heteroatoms. The summed E-state index contributed by atoms with van der Waals surface area (Å²) in [5.41, 5.74) is -0.366. The molecule has 0 aromatic heterocycles. The van der Waals surface area contributed by atoms with Gasteiger partial charge >= 0.3 is 0 Å². The van der Waals surface area contributed by atoms with Crippen LogP contribution in [0.5, 0.6) is 0 Å². The summed E-state index contributed by atoms with van der Waals surface area (Å²) in [6.45, 7) is 1.13. The lowest BCUT2D eigenvalue weighted by molar-refractivity contribution is 0.101. The first kappa shape index (κ1) is 10.8. The average Bonchev–Trinajstić information content (AvgIpc) is 2.01. The van der Waals surface area contributed by atoms with E-state index in [0.29, 0.717) is 0 Å². The van der Waals surface area contributed by atoms with Crippen LogP contribution in [0, 0.1) is 5.82 Å². The predicted octanol–water partition coefficient (Wildman–Crippen LogP) is 1.43. The summed E-state index contributed by atoms with van der Waals surface area (Å²) in [5, 5.41) is 0. The fourth-order valence-electron chi connectivity index (χ4n) is 1.16. The van der Waals surface area contributed by atoms with Crippen LogP contribution in [-0.4, -0.2) is 20.5 Å². The zero-order valence-electron chi connectivity index (χ0n) is 7.74. The van der Waals surface area contributed by atoms with E-state index >= 15 is 0 Å². The normalized spacial score (nSPS) is 11.4. The molecule has 0 saturated carbocycles. The largest absolute Gasteiger partial charge is 0.294 e. The highest BCUT2D eigenvalue weighted by atomic mass is 32.2. The summed E-state index contributed by atoms with van der Waals surface area (Å²) in [5.74, 6) is -1.40. The van der Waals surface area contributed by atoms with Crippen molar-refractivity contribution in [1.82, 2.24) is 0 Å². The number of halogens is 1. The van der Waals surface area contributed by atoms with Crippen LogP contribution < -0.4 is 0 Å². The Balaban J connectivity index is 3.61. The maximum absolute atomic E-state index is 13.1. The van der Waals surface area contributed by atoms with Gasteiger partial charge in [-0.05, 0) is 19.1 Å². The lowest BCUT2D eigenvalue weighted by Crippen LogP contribution is -2.08. The monoisotopic (exact) mass is 216 g/mol. The minimum atomic E-state index is -3.56. The van der Waals surface area contributed by atoms with Crippen molar-refractivity contribution in [3.8, 4) is 0 Å². The zero-order chi connectivity index (χ0) is 10.9. The highest BCUT2D eigenvalue weighted by Gasteiger charge is 2.19. The topological polar surface area (TPSA) is 51.2 Å². The van der Waals surface area contributed by atoms with Gasteiger partial charge in [0.1, 0.15) is 5.82 Å². The third-order valence-corrected chi connectivity index (χ3v) is 2.87. The van der Waals surface area contributed by atoms with Gasteiger partial charge < -0.3 is 0 Å². The van der Waals surface area contributed by atoms with Crippen LogP contribution in [0.1, 0.15) is 17.3 Å². The lowest BCUT2D eigenvalue weighted by atomic mass is 10.1. The smallest absolute Gasteiger partial charge is 0.176 e. The molecular weight excluding hydrogens is 207 g/mol. The van der Waals surface area contributed by atoms with Gasteiger partial charge in [0.05, 0.1) is 10.5 Å². The molecule has 0 aliphatic carbocycles. The molecule has 0 heterocycles. The van der Waals surface area contributed by atoms with E-state index in [1.54, 1.807) is 0 Å². The van der Waals surface area contributed by atoms with Gasteiger partial charge in [-0.25, -0.2) is 12.8 Å². The van der Waals surface area contributed by atoms with Gasteiger partial charge in [0, 0.05) is 6.26 Å². The van der Waals surface area contributed by atoms with E-state index < -0.39 is 21.4 Å². The molecule has 14 heavy (non-hydrogen) atoms. The SMILES string of the molecule is CC(=O)c1c(F)cccc1S(C)(=O)=O. The second-order valence-corrected chi connectivity index (χ2v) is 4.93. The van der Waals surface area contributed by atoms with E-state index in [9.17, 15) is 17.6 Å². The van der Waals surface area contributed by atoms with Crippen molar-refractivity contribution in [3.63, 3.8) is 0 Å². The molecule has 1 rings (SSSR count). The van der Waals surface area contributed by atoms with E-state index in [0.717, 1.165) is 19.2 Å². The fourth-order valence-corrected chi connectivity index (χ4v) is 2.09. The Hall–Kier alpha value is -1.23. The van der Waals surface area contributed by atoms with Crippen LogP contribution in [0.25, 0.3) is 0 Å². The van der Waals surface area contributed by atoms with Gasteiger partial charge in [0.15, 0.2) is 15.6 Å². The van der Waals surface area contributed by atoms with E-state index in [1.807, 2.05) is 0 Å². The van der Waals surface area contributed by atoms with Crippen LogP contribution in [0.2, 0.25) is 0 Å². The molecule has 0 aliphatic heterocycles. The quantitative estimate of drug-likeness (QED) is 0.703.